The molecule has 1 N–H and O–H groups in total. The van der Waals surface area contributed by atoms with Crippen LogP contribution in [0.1, 0.15) is 40.0 Å². The molecule has 0 bridgehead atoms. The van der Waals surface area contributed by atoms with Gasteiger partial charge >= 0.3 is 5.97 Å². The lowest BCUT2D eigenvalue weighted by Crippen LogP contribution is -2.36. The van der Waals surface area contributed by atoms with Gasteiger partial charge in [0.25, 0.3) is 0 Å². The molecule has 2 aliphatic rings. The van der Waals surface area contributed by atoms with Crippen molar-refractivity contribution in [1.29, 1.82) is 0 Å². The van der Waals surface area contributed by atoms with Crippen LogP contribution in [-0.2, 0) is 9.53 Å². The Labute approximate surface area is 116 Å². The molecule has 0 radical (unpaired) electrons. The van der Waals surface area contributed by atoms with Gasteiger partial charge in [0, 0.05) is 18.3 Å². The maximum absolute atomic E-state index is 12.0. The SMILES string of the molecule is CCOC(=O)[C@@H]1C(C)=C(CN2CCCCC2)N[C@@H]1C. The molecule has 2 rings (SSSR count). The predicted molar refractivity (Wildman–Crippen MR) is 75.7 cm³/mol. The average Bonchev–Trinajstić information content (AvgIpc) is 2.66. The molecule has 0 aromatic rings. The molecule has 2 heterocycles. The molecule has 0 amide bonds. The number of hydrogen-bond donors (Lipinski definition) is 1. The summed E-state index contributed by atoms with van der Waals surface area (Å²) in [5.74, 6) is -0.201. The minimum atomic E-state index is -0.111. The second-order valence-electron chi connectivity index (χ2n) is 5.66. The quantitative estimate of drug-likeness (QED) is 0.789. The molecule has 0 spiro atoms. The number of hydrogen-bond acceptors (Lipinski definition) is 4. The zero-order valence-corrected chi connectivity index (χ0v) is 12.4. The van der Waals surface area contributed by atoms with Gasteiger partial charge in [0.15, 0.2) is 0 Å². The van der Waals surface area contributed by atoms with Gasteiger partial charge in [0.1, 0.15) is 0 Å². The summed E-state index contributed by atoms with van der Waals surface area (Å²) in [5, 5.41) is 3.48. The Morgan fingerprint density at radius 3 is 2.68 bits per heavy atom. The molecule has 2 aliphatic heterocycles. The van der Waals surface area contributed by atoms with Crippen molar-refractivity contribution < 1.29 is 9.53 Å². The van der Waals surface area contributed by atoms with Crippen molar-refractivity contribution in [3.05, 3.63) is 11.3 Å². The first-order chi connectivity index (χ1) is 9.13. The molecule has 4 heteroatoms. The highest BCUT2D eigenvalue weighted by Crippen LogP contribution is 2.27. The van der Waals surface area contributed by atoms with Crippen LogP contribution in [0.2, 0.25) is 0 Å². The van der Waals surface area contributed by atoms with E-state index in [1.807, 2.05) is 6.92 Å². The van der Waals surface area contributed by atoms with Crippen LogP contribution in [0.25, 0.3) is 0 Å². The molecule has 1 saturated heterocycles. The minimum Gasteiger partial charge on any atom is -0.465 e. The average molecular weight is 266 g/mol. The normalized spacial score (nSPS) is 28.4. The van der Waals surface area contributed by atoms with Gasteiger partial charge in [0.2, 0.25) is 0 Å². The molecular weight excluding hydrogens is 240 g/mol. The van der Waals surface area contributed by atoms with Crippen LogP contribution >= 0.6 is 0 Å². The Kier molecular flexibility index (Phi) is 4.86. The second kappa shape index (κ2) is 6.42. The van der Waals surface area contributed by atoms with Crippen molar-refractivity contribution in [2.24, 2.45) is 5.92 Å². The lowest BCUT2D eigenvalue weighted by atomic mass is 9.96. The van der Waals surface area contributed by atoms with Gasteiger partial charge in [-0.2, -0.15) is 0 Å². The van der Waals surface area contributed by atoms with E-state index in [1.54, 1.807) is 0 Å². The van der Waals surface area contributed by atoms with Gasteiger partial charge in [-0.3, -0.25) is 9.69 Å². The van der Waals surface area contributed by atoms with Gasteiger partial charge < -0.3 is 10.1 Å². The van der Waals surface area contributed by atoms with Crippen molar-refractivity contribution in [2.45, 2.75) is 46.1 Å². The number of piperidine rings is 1. The smallest absolute Gasteiger partial charge is 0.315 e. The highest BCUT2D eigenvalue weighted by atomic mass is 16.5. The molecule has 2 atom stereocenters. The van der Waals surface area contributed by atoms with Gasteiger partial charge in [-0.05, 0) is 52.3 Å². The summed E-state index contributed by atoms with van der Waals surface area (Å²) in [5.41, 5.74) is 2.39. The molecule has 1 fully saturated rings. The Balaban J connectivity index is 2.01. The van der Waals surface area contributed by atoms with Crippen LogP contribution in [0.3, 0.4) is 0 Å². The highest BCUT2D eigenvalue weighted by molar-refractivity contribution is 5.77. The summed E-state index contributed by atoms with van der Waals surface area (Å²) >= 11 is 0. The van der Waals surface area contributed by atoms with Crippen molar-refractivity contribution in [3.8, 4) is 0 Å². The summed E-state index contributed by atoms with van der Waals surface area (Å²) in [6.07, 6.45) is 3.94. The monoisotopic (exact) mass is 266 g/mol. The largest absolute Gasteiger partial charge is 0.465 e. The van der Waals surface area contributed by atoms with Crippen LogP contribution in [0.4, 0.5) is 0 Å². The van der Waals surface area contributed by atoms with E-state index in [4.69, 9.17) is 4.74 Å². The fourth-order valence-corrected chi connectivity index (χ4v) is 3.16. The molecule has 0 aromatic carbocycles. The van der Waals surface area contributed by atoms with E-state index in [2.05, 4.69) is 24.1 Å². The second-order valence-corrected chi connectivity index (χ2v) is 5.66. The number of esters is 1. The summed E-state index contributed by atoms with van der Waals surface area (Å²) in [4.78, 5) is 14.5. The van der Waals surface area contributed by atoms with Gasteiger partial charge in [-0.15, -0.1) is 0 Å². The van der Waals surface area contributed by atoms with Crippen LogP contribution in [0.15, 0.2) is 11.3 Å². The first-order valence-corrected chi connectivity index (χ1v) is 7.48. The fourth-order valence-electron chi connectivity index (χ4n) is 3.16. The van der Waals surface area contributed by atoms with Crippen LogP contribution in [0, 0.1) is 5.92 Å². The molecule has 0 aromatic heterocycles. The maximum atomic E-state index is 12.0. The number of likely N-dealkylation sites (tertiary alicyclic amines) is 1. The summed E-state index contributed by atoms with van der Waals surface area (Å²) in [6, 6.07) is 0.152. The molecule has 4 nitrogen and oxygen atoms in total. The minimum absolute atomic E-state index is 0.0892. The van der Waals surface area contributed by atoms with Crippen molar-refractivity contribution >= 4 is 5.97 Å². The van der Waals surface area contributed by atoms with Crippen molar-refractivity contribution in [1.82, 2.24) is 10.2 Å². The molecule has 0 unspecified atom stereocenters. The Morgan fingerprint density at radius 1 is 1.37 bits per heavy atom. The first-order valence-electron chi connectivity index (χ1n) is 7.48. The van der Waals surface area contributed by atoms with E-state index in [-0.39, 0.29) is 17.9 Å². The fraction of sp³-hybridized carbons (Fsp3) is 0.800. The van der Waals surface area contributed by atoms with Gasteiger partial charge in [-0.1, -0.05) is 6.42 Å². The predicted octanol–water partition coefficient (Wildman–Crippen LogP) is 1.92. The standard InChI is InChI=1S/C15H26N2O2/c1-4-19-15(18)14-11(2)13(16-12(14)3)10-17-8-6-5-7-9-17/h12,14,16H,4-10H2,1-3H3/t12-,14-/m1/s1. The van der Waals surface area contributed by atoms with Crippen LogP contribution in [-0.4, -0.2) is 43.2 Å². The zero-order chi connectivity index (χ0) is 13.8. The summed E-state index contributed by atoms with van der Waals surface area (Å²) < 4.78 is 5.18. The van der Waals surface area contributed by atoms with Crippen LogP contribution in [0.5, 0.6) is 0 Å². The molecule has 0 saturated carbocycles. The van der Waals surface area contributed by atoms with E-state index in [0.29, 0.717) is 6.61 Å². The van der Waals surface area contributed by atoms with Crippen molar-refractivity contribution in [2.75, 3.05) is 26.2 Å². The number of nitrogens with one attached hydrogen (secondary N) is 1. The van der Waals surface area contributed by atoms with E-state index in [1.165, 1.54) is 38.0 Å². The van der Waals surface area contributed by atoms with Gasteiger partial charge in [0.05, 0.1) is 12.5 Å². The Bertz CT molecular complexity index is 359. The lowest BCUT2D eigenvalue weighted by molar-refractivity contribution is -0.147. The number of carbonyl (C=O) groups is 1. The summed E-state index contributed by atoms with van der Waals surface area (Å²) in [7, 11) is 0. The van der Waals surface area contributed by atoms with Crippen molar-refractivity contribution in [3.63, 3.8) is 0 Å². The van der Waals surface area contributed by atoms with Crippen LogP contribution < -0.4 is 5.32 Å². The van der Waals surface area contributed by atoms with E-state index >= 15 is 0 Å². The number of nitrogens with zero attached hydrogens (tertiary/aromatic N) is 1. The Hall–Kier alpha value is -1.03. The highest BCUT2D eigenvalue weighted by Gasteiger charge is 2.35. The lowest BCUT2D eigenvalue weighted by Gasteiger charge is -2.27. The third kappa shape index (κ3) is 3.30. The Morgan fingerprint density at radius 2 is 2.05 bits per heavy atom. The van der Waals surface area contributed by atoms with E-state index in [0.717, 1.165) is 12.1 Å². The first kappa shape index (κ1) is 14.4. The number of ether oxygens (including phenoxy) is 1. The third-order valence-electron chi connectivity index (χ3n) is 4.22. The number of carbonyl (C=O) groups excluding carboxylic acids is 1. The maximum Gasteiger partial charge on any atom is 0.315 e. The molecule has 0 aliphatic carbocycles. The zero-order valence-electron chi connectivity index (χ0n) is 12.4. The summed E-state index contributed by atoms with van der Waals surface area (Å²) in [6.45, 7) is 9.75. The molecular formula is C15H26N2O2. The third-order valence-corrected chi connectivity index (χ3v) is 4.22. The number of rotatable bonds is 4. The van der Waals surface area contributed by atoms with E-state index < -0.39 is 0 Å². The van der Waals surface area contributed by atoms with Gasteiger partial charge in [-0.25, -0.2) is 0 Å². The molecule has 108 valence electrons. The molecule has 19 heavy (non-hydrogen) atoms. The topological polar surface area (TPSA) is 41.6 Å². The van der Waals surface area contributed by atoms with E-state index in [9.17, 15) is 4.79 Å².